The van der Waals surface area contributed by atoms with Crippen molar-refractivity contribution in [3.05, 3.63) is 12.7 Å². The van der Waals surface area contributed by atoms with Crippen molar-refractivity contribution in [3.8, 4) is 0 Å². The van der Waals surface area contributed by atoms with E-state index in [4.69, 9.17) is 4.74 Å². The Morgan fingerprint density at radius 1 is 1.08 bits per heavy atom. The van der Waals surface area contributed by atoms with Crippen LogP contribution in [-0.2, 0) is 4.74 Å². The molecule has 3 rings (SSSR count). The van der Waals surface area contributed by atoms with Gasteiger partial charge in [0.15, 0.2) is 0 Å². The van der Waals surface area contributed by atoms with Gasteiger partial charge in [0, 0.05) is 8.86 Å². The average molecular weight is 558 g/mol. The highest BCUT2D eigenvalue weighted by Gasteiger charge is 2.64. The van der Waals surface area contributed by atoms with Gasteiger partial charge in [0.05, 0.1) is 17.3 Å². The van der Waals surface area contributed by atoms with Crippen LogP contribution in [0.25, 0.3) is 0 Å². The first-order chi connectivity index (χ1) is 11.2. The molecular weight excluding hydrogens is 526 g/mol. The molecule has 7 atom stereocenters. The number of fused-ring (bicyclic) bond motifs is 3. The van der Waals surface area contributed by atoms with Crippen molar-refractivity contribution in [1.29, 1.82) is 0 Å². The summed E-state index contributed by atoms with van der Waals surface area (Å²) in [6.45, 7) is 11.0. The van der Waals surface area contributed by atoms with Gasteiger partial charge in [0.2, 0.25) is 0 Å². The molecule has 0 radical (unpaired) electrons. The highest BCUT2D eigenvalue weighted by atomic mass is 127. The van der Waals surface area contributed by atoms with E-state index in [9.17, 15) is 5.11 Å². The molecule has 0 amide bonds. The van der Waals surface area contributed by atoms with Crippen LogP contribution in [0.5, 0.6) is 0 Å². The number of hydrogen-bond donors (Lipinski definition) is 1. The number of hydrogen-bond acceptors (Lipinski definition) is 2. The Bertz CT molecular complexity index is 512. The monoisotopic (exact) mass is 558 g/mol. The number of halogens is 2. The average Bonchev–Trinajstić information content (AvgIpc) is 2.53. The standard InChI is InChI=1S/C20H32I2O2/c1-5-18(3)8-6-16-19(4,24-18)9-7-15-17(2,12-21)10-14(23)11-20(15,16)13-22/h5,14-16,23H,1,6-13H2,2-4H3/t14-,15+,16+,17-,18+,19-,20-/m1/s1. The second-order valence-corrected chi connectivity index (χ2v) is 10.9. The smallest absolute Gasteiger partial charge is 0.0839 e. The minimum absolute atomic E-state index is 0.0773. The zero-order chi connectivity index (χ0) is 17.8. The predicted octanol–water partition coefficient (Wildman–Crippen LogP) is 5.54. The van der Waals surface area contributed by atoms with Gasteiger partial charge in [-0.25, -0.2) is 0 Å². The Morgan fingerprint density at radius 3 is 2.33 bits per heavy atom. The van der Waals surface area contributed by atoms with Crippen molar-refractivity contribution in [3.63, 3.8) is 0 Å². The fraction of sp³-hybridized carbons (Fsp3) is 0.900. The third-order valence-electron chi connectivity index (χ3n) is 7.59. The summed E-state index contributed by atoms with van der Waals surface area (Å²) in [5.74, 6) is 1.25. The second-order valence-electron chi connectivity index (χ2n) is 9.33. The van der Waals surface area contributed by atoms with E-state index >= 15 is 0 Å². The number of aliphatic hydroxyl groups is 1. The summed E-state index contributed by atoms with van der Waals surface area (Å²) < 4.78 is 8.99. The molecule has 1 saturated heterocycles. The van der Waals surface area contributed by atoms with Crippen LogP contribution in [0.2, 0.25) is 0 Å². The van der Waals surface area contributed by atoms with Gasteiger partial charge in [-0.2, -0.15) is 0 Å². The van der Waals surface area contributed by atoms with E-state index in [2.05, 4.69) is 72.5 Å². The van der Waals surface area contributed by atoms with E-state index in [0.29, 0.717) is 11.8 Å². The molecule has 0 bridgehead atoms. The minimum Gasteiger partial charge on any atom is -0.393 e. The van der Waals surface area contributed by atoms with Crippen LogP contribution in [0, 0.1) is 22.7 Å². The molecule has 1 heterocycles. The van der Waals surface area contributed by atoms with Crippen LogP contribution in [0.1, 0.15) is 59.3 Å². The number of alkyl halides is 2. The normalized spacial score (nSPS) is 54.7. The predicted molar refractivity (Wildman–Crippen MR) is 117 cm³/mol. The first-order valence-electron chi connectivity index (χ1n) is 9.31. The lowest BCUT2D eigenvalue weighted by Gasteiger charge is -2.66. The molecule has 3 fully saturated rings. The Balaban J connectivity index is 2.02. The Hall–Kier alpha value is 1.12. The third-order valence-corrected chi connectivity index (χ3v) is 10.8. The van der Waals surface area contributed by atoms with E-state index in [1.54, 1.807) is 0 Å². The van der Waals surface area contributed by atoms with Gasteiger partial charge in [0.1, 0.15) is 0 Å². The SMILES string of the molecule is C=C[C@@]1(C)CC[C@@H]2[C@@]3(CI)C[C@H](O)C[C@](C)(CI)[C@@H]3CC[C@@]2(C)O1. The second kappa shape index (κ2) is 6.62. The van der Waals surface area contributed by atoms with Crippen LogP contribution >= 0.6 is 45.2 Å². The molecule has 2 aliphatic carbocycles. The lowest BCUT2D eigenvalue weighted by molar-refractivity contribution is -0.257. The molecule has 1 N–H and O–H groups in total. The molecule has 0 aromatic carbocycles. The van der Waals surface area contributed by atoms with Crippen LogP contribution < -0.4 is 0 Å². The van der Waals surface area contributed by atoms with Crippen LogP contribution in [-0.4, -0.2) is 31.3 Å². The van der Waals surface area contributed by atoms with Crippen molar-refractivity contribution in [2.45, 2.75) is 76.6 Å². The van der Waals surface area contributed by atoms with Gasteiger partial charge in [-0.3, -0.25) is 0 Å². The summed E-state index contributed by atoms with van der Waals surface area (Å²) in [7, 11) is 0. The molecule has 0 spiro atoms. The Morgan fingerprint density at radius 2 is 1.75 bits per heavy atom. The maximum Gasteiger partial charge on any atom is 0.0839 e. The lowest BCUT2D eigenvalue weighted by atomic mass is 9.44. The van der Waals surface area contributed by atoms with Gasteiger partial charge in [0.25, 0.3) is 0 Å². The summed E-state index contributed by atoms with van der Waals surface area (Å²) >= 11 is 5.15. The van der Waals surface area contributed by atoms with Crippen molar-refractivity contribution in [2.24, 2.45) is 22.7 Å². The fourth-order valence-electron chi connectivity index (χ4n) is 6.52. The summed E-state index contributed by atoms with van der Waals surface area (Å²) in [6, 6.07) is 0. The van der Waals surface area contributed by atoms with Gasteiger partial charge in [-0.15, -0.1) is 6.58 Å². The Kier molecular flexibility index (Phi) is 5.48. The maximum absolute atomic E-state index is 10.8. The third kappa shape index (κ3) is 2.93. The zero-order valence-electron chi connectivity index (χ0n) is 15.3. The summed E-state index contributed by atoms with van der Waals surface area (Å²) in [4.78, 5) is 0. The van der Waals surface area contributed by atoms with Crippen molar-refractivity contribution in [1.82, 2.24) is 0 Å². The number of aliphatic hydroxyl groups excluding tert-OH is 1. The van der Waals surface area contributed by atoms with Gasteiger partial charge in [-0.05, 0) is 75.0 Å². The topological polar surface area (TPSA) is 29.5 Å². The van der Waals surface area contributed by atoms with E-state index in [-0.39, 0.29) is 28.1 Å². The van der Waals surface area contributed by atoms with E-state index < -0.39 is 0 Å². The van der Waals surface area contributed by atoms with Gasteiger partial charge < -0.3 is 9.84 Å². The molecule has 24 heavy (non-hydrogen) atoms. The highest BCUT2D eigenvalue weighted by molar-refractivity contribution is 14.1. The molecule has 0 aromatic rings. The van der Waals surface area contributed by atoms with E-state index in [1.165, 1.54) is 12.8 Å². The van der Waals surface area contributed by atoms with Crippen molar-refractivity contribution in [2.75, 3.05) is 8.86 Å². The molecule has 0 aromatic heterocycles. The van der Waals surface area contributed by atoms with Crippen molar-refractivity contribution < 1.29 is 9.84 Å². The van der Waals surface area contributed by atoms with Gasteiger partial charge >= 0.3 is 0 Å². The number of rotatable bonds is 3. The molecular formula is C20H32I2O2. The maximum atomic E-state index is 10.8. The van der Waals surface area contributed by atoms with E-state index in [0.717, 1.165) is 34.5 Å². The molecule has 2 nitrogen and oxygen atoms in total. The van der Waals surface area contributed by atoms with Crippen LogP contribution in [0.15, 0.2) is 12.7 Å². The van der Waals surface area contributed by atoms with Gasteiger partial charge in [-0.1, -0.05) is 58.2 Å². The van der Waals surface area contributed by atoms with Crippen LogP contribution in [0.4, 0.5) is 0 Å². The highest BCUT2D eigenvalue weighted by Crippen LogP contribution is 2.66. The quantitative estimate of drug-likeness (QED) is 0.280. The summed E-state index contributed by atoms with van der Waals surface area (Å²) in [5, 5.41) is 10.8. The fourth-order valence-corrected chi connectivity index (χ4v) is 8.74. The van der Waals surface area contributed by atoms with E-state index in [1.807, 2.05) is 6.08 Å². The molecule has 0 unspecified atom stereocenters. The molecule has 2 saturated carbocycles. The molecule has 4 heteroatoms. The summed E-state index contributed by atoms with van der Waals surface area (Å²) in [5.41, 5.74) is 0.202. The minimum atomic E-state index is -0.190. The zero-order valence-corrected chi connectivity index (χ0v) is 19.6. The Labute approximate surface area is 174 Å². The van der Waals surface area contributed by atoms with Crippen LogP contribution in [0.3, 0.4) is 0 Å². The number of ether oxygens (including phenoxy) is 1. The lowest BCUT2D eigenvalue weighted by Crippen LogP contribution is -2.66. The summed E-state index contributed by atoms with van der Waals surface area (Å²) in [6.07, 6.45) is 8.39. The largest absolute Gasteiger partial charge is 0.393 e. The molecule has 1 aliphatic heterocycles. The molecule has 3 aliphatic rings. The first kappa shape index (κ1) is 19.9. The first-order valence-corrected chi connectivity index (χ1v) is 12.4. The molecule has 138 valence electrons. The van der Waals surface area contributed by atoms with Crippen molar-refractivity contribution >= 4 is 45.2 Å².